The van der Waals surface area contributed by atoms with E-state index in [2.05, 4.69) is 39.7 Å². The van der Waals surface area contributed by atoms with Crippen LogP contribution in [0.3, 0.4) is 0 Å². The molecule has 0 aliphatic rings. The van der Waals surface area contributed by atoms with Crippen LogP contribution in [-0.4, -0.2) is 16.1 Å². The molecular weight excluding hydrogens is 296 g/mol. The molecule has 0 aromatic carbocycles. The third-order valence-electron chi connectivity index (χ3n) is 2.92. The SMILES string of the molecule is CCC(CC)Oc1ncc(Br)c2cc[nH]c(=O)c12. The van der Waals surface area contributed by atoms with Gasteiger partial charge in [0.05, 0.1) is 6.10 Å². The number of rotatable bonds is 4. The van der Waals surface area contributed by atoms with Gasteiger partial charge in [0.1, 0.15) is 5.39 Å². The van der Waals surface area contributed by atoms with E-state index in [1.807, 2.05) is 6.07 Å². The van der Waals surface area contributed by atoms with E-state index in [0.717, 1.165) is 22.7 Å². The maximum Gasteiger partial charge on any atom is 0.261 e. The van der Waals surface area contributed by atoms with Crippen molar-refractivity contribution < 1.29 is 4.74 Å². The largest absolute Gasteiger partial charge is 0.474 e. The Kier molecular flexibility index (Phi) is 4.01. The van der Waals surface area contributed by atoms with Crippen molar-refractivity contribution in [2.45, 2.75) is 32.8 Å². The molecule has 0 saturated heterocycles. The van der Waals surface area contributed by atoms with Gasteiger partial charge in [-0.25, -0.2) is 4.98 Å². The van der Waals surface area contributed by atoms with Gasteiger partial charge >= 0.3 is 0 Å². The molecule has 0 aliphatic carbocycles. The molecule has 0 amide bonds. The van der Waals surface area contributed by atoms with E-state index in [1.165, 1.54) is 0 Å². The average molecular weight is 311 g/mol. The van der Waals surface area contributed by atoms with Gasteiger partial charge in [-0.1, -0.05) is 13.8 Å². The zero-order valence-corrected chi connectivity index (χ0v) is 12.0. The van der Waals surface area contributed by atoms with Crippen LogP contribution in [0.15, 0.2) is 27.7 Å². The van der Waals surface area contributed by atoms with Crippen LogP contribution in [0.2, 0.25) is 0 Å². The minimum absolute atomic E-state index is 0.0847. The maximum atomic E-state index is 11.9. The van der Waals surface area contributed by atoms with Crippen LogP contribution in [-0.2, 0) is 0 Å². The van der Waals surface area contributed by atoms with Gasteiger partial charge in [-0.3, -0.25) is 4.79 Å². The van der Waals surface area contributed by atoms with Gasteiger partial charge in [0, 0.05) is 22.3 Å². The average Bonchev–Trinajstić information content (AvgIpc) is 2.39. The van der Waals surface area contributed by atoms with Crippen molar-refractivity contribution >= 4 is 26.7 Å². The van der Waals surface area contributed by atoms with Gasteiger partial charge in [0.15, 0.2) is 0 Å². The van der Waals surface area contributed by atoms with E-state index >= 15 is 0 Å². The second kappa shape index (κ2) is 5.52. The monoisotopic (exact) mass is 310 g/mol. The fraction of sp³-hybridized carbons (Fsp3) is 0.385. The van der Waals surface area contributed by atoms with Crippen LogP contribution in [0.4, 0.5) is 0 Å². The molecule has 2 heterocycles. The number of aromatic nitrogens is 2. The minimum atomic E-state index is -0.178. The highest BCUT2D eigenvalue weighted by Gasteiger charge is 2.14. The highest BCUT2D eigenvalue weighted by Crippen LogP contribution is 2.27. The van der Waals surface area contributed by atoms with Crippen molar-refractivity contribution in [3.8, 4) is 5.88 Å². The molecule has 0 saturated carbocycles. The number of hydrogen-bond acceptors (Lipinski definition) is 3. The summed E-state index contributed by atoms with van der Waals surface area (Å²) >= 11 is 3.39. The predicted molar refractivity (Wildman–Crippen MR) is 75.1 cm³/mol. The minimum Gasteiger partial charge on any atom is -0.474 e. The maximum absolute atomic E-state index is 11.9. The number of halogens is 1. The summed E-state index contributed by atoms with van der Waals surface area (Å²) in [6.45, 7) is 4.11. The number of hydrogen-bond donors (Lipinski definition) is 1. The van der Waals surface area contributed by atoms with Crippen LogP contribution in [0.5, 0.6) is 5.88 Å². The number of fused-ring (bicyclic) bond motifs is 1. The first kappa shape index (κ1) is 13.1. The molecule has 5 heteroatoms. The Morgan fingerprint density at radius 3 is 2.83 bits per heavy atom. The molecule has 0 unspecified atom stereocenters. The number of nitrogens with zero attached hydrogens (tertiary/aromatic N) is 1. The van der Waals surface area contributed by atoms with Gasteiger partial charge in [-0.05, 0) is 34.8 Å². The number of H-pyrrole nitrogens is 1. The molecule has 18 heavy (non-hydrogen) atoms. The molecule has 2 aromatic rings. The third-order valence-corrected chi connectivity index (χ3v) is 3.55. The van der Waals surface area contributed by atoms with E-state index in [0.29, 0.717) is 11.3 Å². The Morgan fingerprint density at radius 1 is 1.44 bits per heavy atom. The highest BCUT2D eigenvalue weighted by atomic mass is 79.9. The number of pyridine rings is 2. The molecule has 0 atom stereocenters. The van der Waals surface area contributed by atoms with Crippen molar-refractivity contribution in [2.75, 3.05) is 0 Å². The van der Waals surface area contributed by atoms with E-state index in [9.17, 15) is 4.79 Å². The quantitative estimate of drug-likeness (QED) is 0.943. The number of ether oxygens (including phenoxy) is 1. The molecule has 1 N–H and O–H groups in total. The van der Waals surface area contributed by atoms with Crippen molar-refractivity contribution in [1.82, 2.24) is 9.97 Å². The Bertz CT molecular complexity index is 605. The van der Waals surface area contributed by atoms with Crippen molar-refractivity contribution in [3.63, 3.8) is 0 Å². The Hall–Kier alpha value is -1.36. The van der Waals surface area contributed by atoms with Gasteiger partial charge in [-0.15, -0.1) is 0 Å². The lowest BCUT2D eigenvalue weighted by molar-refractivity contribution is 0.187. The van der Waals surface area contributed by atoms with Crippen LogP contribution < -0.4 is 10.3 Å². The summed E-state index contributed by atoms with van der Waals surface area (Å²) in [5.74, 6) is 0.406. The van der Waals surface area contributed by atoms with Crippen LogP contribution in [0, 0.1) is 0 Å². The molecule has 0 bridgehead atoms. The second-order valence-electron chi connectivity index (χ2n) is 4.06. The normalized spacial score (nSPS) is 11.1. The third kappa shape index (κ3) is 2.41. The molecule has 0 aliphatic heterocycles. The lowest BCUT2D eigenvalue weighted by atomic mass is 10.2. The summed E-state index contributed by atoms with van der Waals surface area (Å²) < 4.78 is 6.60. The molecule has 0 fully saturated rings. The smallest absolute Gasteiger partial charge is 0.261 e. The zero-order chi connectivity index (χ0) is 13.1. The van der Waals surface area contributed by atoms with E-state index < -0.39 is 0 Å². The molecule has 4 nitrogen and oxygen atoms in total. The summed E-state index contributed by atoms with van der Waals surface area (Å²) in [6, 6.07) is 1.84. The van der Waals surface area contributed by atoms with Crippen molar-refractivity contribution in [2.24, 2.45) is 0 Å². The molecule has 96 valence electrons. The van der Waals surface area contributed by atoms with E-state index in [-0.39, 0.29) is 11.7 Å². The summed E-state index contributed by atoms with van der Waals surface area (Å²) in [6.07, 6.45) is 5.15. The number of aromatic amines is 1. The first-order valence-electron chi connectivity index (χ1n) is 5.99. The fourth-order valence-corrected chi connectivity index (χ4v) is 2.27. The standard InChI is InChI=1S/C13H15BrN2O2/c1-3-8(4-2)18-13-11-9(10(14)7-16-13)5-6-15-12(11)17/h5-8H,3-4H2,1-2H3,(H,15,17). The molecule has 0 spiro atoms. The van der Waals surface area contributed by atoms with Gasteiger partial charge in [-0.2, -0.15) is 0 Å². The first-order chi connectivity index (χ1) is 8.67. The predicted octanol–water partition coefficient (Wildman–Crippen LogP) is 3.25. The number of nitrogens with one attached hydrogen (secondary N) is 1. The fourth-order valence-electron chi connectivity index (χ4n) is 1.84. The Labute approximate surface area is 114 Å². The lowest BCUT2D eigenvalue weighted by Crippen LogP contribution is -2.17. The zero-order valence-electron chi connectivity index (χ0n) is 10.4. The summed E-state index contributed by atoms with van der Waals surface area (Å²) in [4.78, 5) is 18.8. The van der Waals surface area contributed by atoms with Crippen LogP contribution in [0.25, 0.3) is 10.8 Å². The summed E-state index contributed by atoms with van der Waals surface area (Å²) in [5.41, 5.74) is -0.178. The molecular formula is C13H15BrN2O2. The highest BCUT2D eigenvalue weighted by molar-refractivity contribution is 9.10. The topological polar surface area (TPSA) is 55.0 Å². The van der Waals surface area contributed by atoms with E-state index in [1.54, 1.807) is 12.4 Å². The lowest BCUT2D eigenvalue weighted by Gasteiger charge is -2.16. The van der Waals surface area contributed by atoms with Crippen molar-refractivity contribution in [1.29, 1.82) is 0 Å². The second-order valence-corrected chi connectivity index (χ2v) is 4.92. The van der Waals surface area contributed by atoms with E-state index in [4.69, 9.17) is 4.74 Å². The Morgan fingerprint density at radius 2 is 2.17 bits per heavy atom. The van der Waals surface area contributed by atoms with Gasteiger partial charge < -0.3 is 9.72 Å². The van der Waals surface area contributed by atoms with Crippen LogP contribution in [0.1, 0.15) is 26.7 Å². The van der Waals surface area contributed by atoms with Gasteiger partial charge in [0.25, 0.3) is 5.56 Å². The molecule has 2 rings (SSSR count). The van der Waals surface area contributed by atoms with Crippen molar-refractivity contribution in [3.05, 3.63) is 33.3 Å². The Balaban J connectivity index is 2.58. The molecule has 0 radical (unpaired) electrons. The summed E-state index contributed by atoms with van der Waals surface area (Å²) in [7, 11) is 0. The summed E-state index contributed by atoms with van der Waals surface area (Å²) in [5, 5.41) is 1.31. The van der Waals surface area contributed by atoms with Crippen LogP contribution >= 0.6 is 15.9 Å². The van der Waals surface area contributed by atoms with Gasteiger partial charge in [0.2, 0.25) is 5.88 Å². The molecule has 2 aromatic heterocycles. The first-order valence-corrected chi connectivity index (χ1v) is 6.79.